The van der Waals surface area contributed by atoms with Gasteiger partial charge in [-0.15, -0.1) is 11.3 Å². The maximum atomic E-state index is 11.9. The van der Waals surface area contributed by atoms with Crippen LogP contribution in [0.4, 0.5) is 0 Å². The summed E-state index contributed by atoms with van der Waals surface area (Å²) >= 11 is 1.40. The minimum atomic E-state index is -0.889. The quantitative estimate of drug-likeness (QED) is 0.869. The van der Waals surface area contributed by atoms with Crippen molar-refractivity contribution in [1.82, 2.24) is 5.32 Å². The van der Waals surface area contributed by atoms with E-state index < -0.39 is 5.60 Å². The summed E-state index contributed by atoms with van der Waals surface area (Å²) in [6.07, 6.45) is 0.625. The second kappa shape index (κ2) is 5.23. The number of ether oxygens (including phenoxy) is 1. The molecule has 1 aliphatic carbocycles. The summed E-state index contributed by atoms with van der Waals surface area (Å²) in [6, 6.07) is 3.62. The van der Waals surface area contributed by atoms with Crippen LogP contribution in [-0.2, 0) is 4.74 Å². The molecule has 0 radical (unpaired) electrons. The van der Waals surface area contributed by atoms with Crippen LogP contribution in [0, 0.1) is 5.41 Å². The molecule has 0 spiro atoms. The summed E-state index contributed by atoms with van der Waals surface area (Å²) in [5, 5.41) is 15.3. The first kappa shape index (κ1) is 14.5. The molecule has 0 bridgehead atoms. The van der Waals surface area contributed by atoms with Gasteiger partial charge in [0.1, 0.15) is 0 Å². The van der Waals surface area contributed by atoms with Gasteiger partial charge in [0.2, 0.25) is 0 Å². The Labute approximate surface area is 117 Å². The Balaban J connectivity index is 1.91. The molecule has 1 aromatic heterocycles. The Hall–Kier alpha value is -0.910. The number of rotatable bonds is 5. The third kappa shape index (κ3) is 2.55. The van der Waals surface area contributed by atoms with Gasteiger partial charge in [0.25, 0.3) is 5.91 Å². The van der Waals surface area contributed by atoms with Crippen LogP contribution >= 0.6 is 11.3 Å². The maximum Gasteiger partial charge on any atom is 0.261 e. The molecule has 1 aliphatic rings. The fourth-order valence-electron chi connectivity index (χ4n) is 2.48. The number of aliphatic hydroxyl groups is 1. The summed E-state index contributed by atoms with van der Waals surface area (Å²) in [5.74, 6) is -0.126. The molecule has 4 nitrogen and oxygen atoms in total. The minimum Gasteiger partial charge on any atom is -0.387 e. The average Bonchev–Trinajstić information content (AvgIpc) is 2.89. The molecule has 106 valence electrons. The van der Waals surface area contributed by atoms with Gasteiger partial charge in [-0.25, -0.2) is 0 Å². The molecule has 0 aromatic carbocycles. The predicted octanol–water partition coefficient (Wildman–Crippen LogP) is 2.04. The molecule has 1 saturated carbocycles. The molecule has 2 atom stereocenters. The Bertz CT molecular complexity index is 444. The topological polar surface area (TPSA) is 58.6 Å². The summed E-state index contributed by atoms with van der Waals surface area (Å²) in [5.41, 5.74) is -1.23. The summed E-state index contributed by atoms with van der Waals surface area (Å²) in [4.78, 5) is 12.5. The molecule has 0 aliphatic heterocycles. The molecule has 5 heteroatoms. The van der Waals surface area contributed by atoms with E-state index in [1.807, 2.05) is 32.2 Å². The smallest absolute Gasteiger partial charge is 0.261 e. The van der Waals surface area contributed by atoms with Crippen molar-refractivity contribution in [2.24, 2.45) is 5.41 Å². The van der Waals surface area contributed by atoms with Crippen molar-refractivity contribution in [3.63, 3.8) is 0 Å². The lowest BCUT2D eigenvalue weighted by atomic mass is 9.56. The highest BCUT2D eigenvalue weighted by molar-refractivity contribution is 7.12. The number of hydrogen-bond acceptors (Lipinski definition) is 4. The van der Waals surface area contributed by atoms with Crippen LogP contribution in [-0.4, -0.2) is 35.9 Å². The number of carbonyl (C=O) groups excluding carboxylic acids is 1. The van der Waals surface area contributed by atoms with E-state index >= 15 is 0 Å². The van der Waals surface area contributed by atoms with Crippen LogP contribution < -0.4 is 5.32 Å². The third-order valence-electron chi connectivity index (χ3n) is 4.18. The largest absolute Gasteiger partial charge is 0.387 e. The Kier molecular flexibility index (Phi) is 3.99. The van der Waals surface area contributed by atoms with Crippen LogP contribution in [0.25, 0.3) is 0 Å². The fraction of sp³-hybridized carbons (Fsp3) is 0.643. The molecule has 2 rings (SSSR count). The van der Waals surface area contributed by atoms with Crippen LogP contribution in [0.2, 0.25) is 0 Å². The number of nitrogens with one attached hydrogen (secondary N) is 1. The zero-order chi connectivity index (χ0) is 14.1. The standard InChI is InChI=1S/C14H21NO3S/c1-4-18-11-8-14(17,13(11,2)3)9-15-12(16)10-6-5-7-19-10/h5-7,11,17H,4,8-9H2,1-3H3,(H,15,16)/t11-,14+/m1/s1. The second-order valence-electron chi connectivity index (χ2n) is 5.56. The minimum absolute atomic E-state index is 0.0566. The van der Waals surface area contributed by atoms with Gasteiger partial charge in [0.05, 0.1) is 16.6 Å². The monoisotopic (exact) mass is 283 g/mol. The molecule has 2 N–H and O–H groups in total. The summed E-state index contributed by atoms with van der Waals surface area (Å²) in [7, 11) is 0. The average molecular weight is 283 g/mol. The van der Waals surface area contributed by atoms with Crippen LogP contribution in [0.3, 0.4) is 0 Å². The fourth-order valence-corrected chi connectivity index (χ4v) is 3.12. The van der Waals surface area contributed by atoms with Crippen molar-refractivity contribution >= 4 is 17.2 Å². The van der Waals surface area contributed by atoms with Gasteiger partial charge in [0.15, 0.2) is 0 Å². The van der Waals surface area contributed by atoms with Gasteiger partial charge >= 0.3 is 0 Å². The molecule has 19 heavy (non-hydrogen) atoms. The number of hydrogen-bond donors (Lipinski definition) is 2. The van der Waals surface area contributed by atoms with E-state index in [-0.39, 0.29) is 24.0 Å². The molecule has 1 aromatic rings. The van der Waals surface area contributed by atoms with E-state index in [0.29, 0.717) is 17.9 Å². The van der Waals surface area contributed by atoms with Crippen LogP contribution in [0.15, 0.2) is 17.5 Å². The van der Waals surface area contributed by atoms with Gasteiger partial charge in [-0.2, -0.15) is 0 Å². The van der Waals surface area contributed by atoms with Gasteiger partial charge < -0.3 is 15.2 Å². The zero-order valence-corrected chi connectivity index (χ0v) is 12.4. The summed E-state index contributed by atoms with van der Waals surface area (Å²) < 4.78 is 5.60. The lowest BCUT2D eigenvalue weighted by Gasteiger charge is -2.57. The van der Waals surface area contributed by atoms with E-state index in [0.717, 1.165) is 0 Å². The first-order valence-corrected chi connectivity index (χ1v) is 7.44. The zero-order valence-electron chi connectivity index (χ0n) is 11.6. The van der Waals surface area contributed by atoms with E-state index in [4.69, 9.17) is 4.74 Å². The molecular weight excluding hydrogens is 262 g/mol. The molecule has 1 amide bonds. The van der Waals surface area contributed by atoms with Crippen LogP contribution in [0.1, 0.15) is 36.9 Å². The van der Waals surface area contributed by atoms with Crippen LogP contribution in [0.5, 0.6) is 0 Å². The van der Waals surface area contributed by atoms with Crippen molar-refractivity contribution in [3.05, 3.63) is 22.4 Å². The van der Waals surface area contributed by atoms with E-state index in [9.17, 15) is 9.90 Å². The van der Waals surface area contributed by atoms with Gasteiger partial charge in [0, 0.05) is 25.0 Å². The number of thiophene rings is 1. The summed E-state index contributed by atoms with van der Waals surface area (Å²) in [6.45, 7) is 6.82. The lowest BCUT2D eigenvalue weighted by Crippen LogP contribution is -2.68. The highest BCUT2D eigenvalue weighted by Gasteiger charge is 2.59. The number of carbonyl (C=O) groups is 1. The molecule has 0 unspecified atom stereocenters. The SMILES string of the molecule is CCO[C@@H]1C[C@](O)(CNC(=O)c2cccs2)C1(C)C. The van der Waals surface area contributed by atoms with E-state index in [1.165, 1.54) is 11.3 Å². The van der Waals surface area contributed by atoms with Crippen molar-refractivity contribution < 1.29 is 14.6 Å². The van der Waals surface area contributed by atoms with Gasteiger partial charge in [-0.1, -0.05) is 19.9 Å². The molecule has 1 heterocycles. The van der Waals surface area contributed by atoms with Gasteiger partial charge in [-0.05, 0) is 18.4 Å². The predicted molar refractivity (Wildman–Crippen MR) is 75.4 cm³/mol. The lowest BCUT2D eigenvalue weighted by molar-refractivity contribution is -0.237. The maximum absolute atomic E-state index is 11.9. The Morgan fingerprint density at radius 3 is 2.89 bits per heavy atom. The van der Waals surface area contributed by atoms with E-state index in [1.54, 1.807) is 6.07 Å². The highest BCUT2D eigenvalue weighted by Crippen LogP contribution is 2.50. The molecular formula is C14H21NO3S. The highest BCUT2D eigenvalue weighted by atomic mass is 32.1. The Morgan fingerprint density at radius 1 is 1.63 bits per heavy atom. The van der Waals surface area contributed by atoms with E-state index in [2.05, 4.69) is 5.32 Å². The first-order chi connectivity index (χ1) is 8.90. The van der Waals surface area contributed by atoms with Gasteiger partial charge in [-0.3, -0.25) is 4.79 Å². The molecule has 1 fully saturated rings. The third-order valence-corrected chi connectivity index (χ3v) is 5.05. The Morgan fingerprint density at radius 2 is 2.37 bits per heavy atom. The molecule has 0 saturated heterocycles. The van der Waals surface area contributed by atoms with Crippen molar-refractivity contribution in [2.45, 2.75) is 38.9 Å². The van der Waals surface area contributed by atoms with Crippen molar-refractivity contribution in [1.29, 1.82) is 0 Å². The normalized spacial score (nSPS) is 28.7. The first-order valence-electron chi connectivity index (χ1n) is 6.56. The van der Waals surface area contributed by atoms with Crippen molar-refractivity contribution in [2.75, 3.05) is 13.2 Å². The second-order valence-corrected chi connectivity index (χ2v) is 6.51. The van der Waals surface area contributed by atoms with Crippen molar-refractivity contribution in [3.8, 4) is 0 Å². The number of amides is 1.